The Morgan fingerprint density at radius 3 is 2.22 bits per heavy atom. The SMILES string of the molecule is COc1ccc(S(=O)(=O)NCC(=O)Nc2cc(Cl)c(Cl)cc2C(O)c2c(F)cccc2F)cc1OC. The molecule has 3 aromatic carbocycles. The molecule has 0 saturated heterocycles. The summed E-state index contributed by atoms with van der Waals surface area (Å²) in [6.07, 6.45) is -1.86. The molecule has 0 heterocycles. The Labute approximate surface area is 215 Å². The highest BCUT2D eigenvalue weighted by molar-refractivity contribution is 7.89. The summed E-state index contributed by atoms with van der Waals surface area (Å²) in [7, 11) is -1.41. The zero-order valence-corrected chi connectivity index (χ0v) is 21.1. The molecule has 0 aromatic heterocycles. The second-order valence-corrected chi connectivity index (χ2v) is 9.86. The van der Waals surface area contributed by atoms with Crippen LogP contribution < -0.4 is 19.5 Å². The lowest BCUT2D eigenvalue weighted by Crippen LogP contribution is -2.33. The molecule has 0 bridgehead atoms. The fraction of sp³-hybridized carbons (Fsp3) is 0.174. The molecule has 192 valence electrons. The van der Waals surface area contributed by atoms with E-state index in [4.69, 9.17) is 32.7 Å². The first-order valence-corrected chi connectivity index (χ1v) is 12.3. The minimum Gasteiger partial charge on any atom is -0.493 e. The number of benzene rings is 3. The summed E-state index contributed by atoms with van der Waals surface area (Å²) in [6, 6.07) is 9.22. The predicted molar refractivity (Wildman–Crippen MR) is 130 cm³/mol. The quantitative estimate of drug-likeness (QED) is 0.360. The zero-order chi connectivity index (χ0) is 26.6. The number of rotatable bonds is 9. The molecule has 3 rings (SSSR count). The molecule has 0 fully saturated rings. The van der Waals surface area contributed by atoms with Gasteiger partial charge in [-0.15, -0.1) is 0 Å². The third-order valence-electron chi connectivity index (χ3n) is 5.02. The molecule has 13 heteroatoms. The van der Waals surface area contributed by atoms with Crippen molar-refractivity contribution in [3.63, 3.8) is 0 Å². The fourth-order valence-electron chi connectivity index (χ4n) is 3.25. The Hall–Kier alpha value is -2.96. The van der Waals surface area contributed by atoms with Crippen molar-refractivity contribution in [2.24, 2.45) is 0 Å². The van der Waals surface area contributed by atoms with Crippen LogP contribution in [0.5, 0.6) is 11.5 Å². The molecule has 1 atom stereocenters. The highest BCUT2D eigenvalue weighted by Crippen LogP contribution is 2.37. The average Bonchev–Trinajstić information content (AvgIpc) is 2.84. The van der Waals surface area contributed by atoms with Crippen LogP contribution in [-0.4, -0.2) is 40.2 Å². The van der Waals surface area contributed by atoms with E-state index in [9.17, 15) is 27.1 Å². The van der Waals surface area contributed by atoms with Crippen molar-refractivity contribution in [2.45, 2.75) is 11.0 Å². The van der Waals surface area contributed by atoms with Crippen molar-refractivity contribution >= 4 is 44.8 Å². The maximum atomic E-state index is 14.2. The minimum atomic E-state index is -4.14. The molecule has 1 unspecified atom stereocenters. The standard InChI is InChI=1S/C23H20Cl2F2N2O6S/c1-34-19-7-6-12(8-20(19)35-2)36(32,33)28-11-21(30)29-18-10-15(25)14(24)9-13(18)23(31)22-16(26)4-3-5-17(22)27/h3-10,23,28,31H,11H2,1-2H3,(H,29,30). The first-order chi connectivity index (χ1) is 17.0. The van der Waals surface area contributed by atoms with Crippen LogP contribution in [0.2, 0.25) is 10.0 Å². The summed E-state index contributed by atoms with van der Waals surface area (Å²) in [5.41, 5.74) is -0.958. The summed E-state index contributed by atoms with van der Waals surface area (Å²) >= 11 is 12.0. The van der Waals surface area contributed by atoms with Gasteiger partial charge in [0.25, 0.3) is 0 Å². The molecule has 3 aromatic rings. The Morgan fingerprint density at radius 2 is 1.61 bits per heavy atom. The lowest BCUT2D eigenvalue weighted by atomic mass is 9.98. The van der Waals surface area contributed by atoms with E-state index < -0.39 is 45.8 Å². The van der Waals surface area contributed by atoms with Gasteiger partial charge in [0.15, 0.2) is 11.5 Å². The number of methoxy groups -OCH3 is 2. The zero-order valence-electron chi connectivity index (χ0n) is 18.8. The monoisotopic (exact) mass is 560 g/mol. The van der Waals surface area contributed by atoms with E-state index in [1.54, 1.807) is 0 Å². The topological polar surface area (TPSA) is 114 Å². The molecule has 1 amide bonds. The molecule has 0 spiro atoms. The molecule has 0 aliphatic rings. The van der Waals surface area contributed by atoms with Crippen LogP contribution in [0, 0.1) is 11.6 Å². The van der Waals surface area contributed by atoms with Crippen molar-refractivity contribution in [3.8, 4) is 11.5 Å². The van der Waals surface area contributed by atoms with Gasteiger partial charge in [-0.3, -0.25) is 4.79 Å². The molecule has 0 saturated carbocycles. The third kappa shape index (κ3) is 6.05. The number of sulfonamides is 1. The maximum absolute atomic E-state index is 14.2. The van der Waals surface area contributed by atoms with Gasteiger partial charge in [0.2, 0.25) is 15.9 Å². The number of aliphatic hydroxyl groups is 1. The summed E-state index contributed by atoms with van der Waals surface area (Å²) in [6.45, 7) is -0.722. The van der Waals surface area contributed by atoms with Gasteiger partial charge in [-0.2, -0.15) is 0 Å². The Kier molecular flexibility index (Phi) is 8.75. The molecular formula is C23H20Cl2F2N2O6S. The van der Waals surface area contributed by atoms with E-state index in [0.29, 0.717) is 5.75 Å². The number of nitrogens with one attached hydrogen (secondary N) is 2. The van der Waals surface area contributed by atoms with Gasteiger partial charge in [0.05, 0.1) is 41.3 Å². The van der Waals surface area contributed by atoms with Crippen molar-refractivity contribution in [2.75, 3.05) is 26.1 Å². The van der Waals surface area contributed by atoms with E-state index in [0.717, 1.165) is 24.3 Å². The highest BCUT2D eigenvalue weighted by atomic mass is 35.5. The van der Waals surface area contributed by atoms with E-state index in [1.807, 2.05) is 0 Å². The van der Waals surface area contributed by atoms with Crippen LogP contribution in [0.15, 0.2) is 53.4 Å². The van der Waals surface area contributed by atoms with Crippen LogP contribution in [0.3, 0.4) is 0 Å². The number of ether oxygens (including phenoxy) is 2. The third-order valence-corrected chi connectivity index (χ3v) is 7.14. The van der Waals surface area contributed by atoms with E-state index in [-0.39, 0.29) is 31.9 Å². The van der Waals surface area contributed by atoms with Gasteiger partial charge in [-0.25, -0.2) is 21.9 Å². The molecule has 8 nitrogen and oxygen atoms in total. The first-order valence-electron chi connectivity index (χ1n) is 10.1. The Balaban J connectivity index is 1.83. The Morgan fingerprint density at radius 1 is 1.00 bits per heavy atom. The van der Waals surface area contributed by atoms with Crippen LogP contribution in [0.1, 0.15) is 17.2 Å². The largest absolute Gasteiger partial charge is 0.493 e. The Bertz CT molecular complexity index is 1390. The molecule has 36 heavy (non-hydrogen) atoms. The number of amides is 1. The number of carbonyl (C=O) groups is 1. The van der Waals surface area contributed by atoms with Gasteiger partial charge < -0.3 is 19.9 Å². The van der Waals surface area contributed by atoms with Gasteiger partial charge >= 0.3 is 0 Å². The van der Waals surface area contributed by atoms with Gasteiger partial charge in [-0.1, -0.05) is 29.3 Å². The number of hydrogen-bond donors (Lipinski definition) is 3. The first kappa shape index (κ1) is 27.6. The van der Waals surface area contributed by atoms with Crippen molar-refractivity contribution < 1.29 is 36.6 Å². The molecule has 0 radical (unpaired) electrons. The normalized spacial score (nSPS) is 12.2. The van der Waals surface area contributed by atoms with Crippen LogP contribution in [-0.2, 0) is 14.8 Å². The highest BCUT2D eigenvalue weighted by Gasteiger charge is 2.25. The number of anilines is 1. The van der Waals surface area contributed by atoms with Crippen molar-refractivity contribution in [1.29, 1.82) is 0 Å². The lowest BCUT2D eigenvalue weighted by molar-refractivity contribution is -0.115. The van der Waals surface area contributed by atoms with E-state index >= 15 is 0 Å². The van der Waals surface area contributed by atoms with Crippen LogP contribution >= 0.6 is 23.2 Å². The van der Waals surface area contributed by atoms with Crippen molar-refractivity contribution in [3.05, 3.63) is 81.3 Å². The number of carbonyl (C=O) groups excluding carboxylic acids is 1. The summed E-state index contributed by atoms with van der Waals surface area (Å²) in [5.74, 6) is -2.42. The van der Waals surface area contributed by atoms with Crippen LogP contribution in [0.4, 0.5) is 14.5 Å². The summed E-state index contributed by atoms with van der Waals surface area (Å²) in [4.78, 5) is 12.4. The maximum Gasteiger partial charge on any atom is 0.241 e. The number of aliphatic hydroxyl groups excluding tert-OH is 1. The number of hydrogen-bond acceptors (Lipinski definition) is 6. The van der Waals surface area contributed by atoms with Crippen LogP contribution in [0.25, 0.3) is 0 Å². The van der Waals surface area contributed by atoms with E-state index in [2.05, 4.69) is 10.0 Å². The molecule has 0 aliphatic heterocycles. The van der Waals surface area contributed by atoms with Gasteiger partial charge in [0, 0.05) is 17.3 Å². The number of halogens is 4. The summed E-state index contributed by atoms with van der Waals surface area (Å²) < 4.78 is 66.0. The smallest absolute Gasteiger partial charge is 0.241 e. The lowest BCUT2D eigenvalue weighted by Gasteiger charge is -2.19. The second kappa shape index (κ2) is 11.4. The minimum absolute atomic E-state index is 0.0252. The summed E-state index contributed by atoms with van der Waals surface area (Å²) in [5, 5.41) is 13.0. The molecule has 3 N–H and O–H groups in total. The second-order valence-electron chi connectivity index (χ2n) is 7.28. The fourth-order valence-corrected chi connectivity index (χ4v) is 4.58. The average molecular weight is 561 g/mol. The molecular weight excluding hydrogens is 541 g/mol. The van der Waals surface area contributed by atoms with Gasteiger partial charge in [-0.05, 0) is 36.4 Å². The van der Waals surface area contributed by atoms with Gasteiger partial charge in [0.1, 0.15) is 17.7 Å². The van der Waals surface area contributed by atoms with E-state index in [1.165, 1.54) is 38.5 Å². The predicted octanol–water partition coefficient (Wildman–Crippen LogP) is 4.29. The van der Waals surface area contributed by atoms with Crippen molar-refractivity contribution in [1.82, 2.24) is 4.72 Å². The molecule has 0 aliphatic carbocycles.